The lowest BCUT2D eigenvalue weighted by molar-refractivity contribution is -0.142. The molecule has 1 aromatic carbocycles. The second-order valence-electron chi connectivity index (χ2n) is 6.30. The molecule has 1 atom stereocenters. The summed E-state index contributed by atoms with van der Waals surface area (Å²) in [7, 11) is 0. The first-order valence-corrected chi connectivity index (χ1v) is 8.22. The molecule has 132 valence electrons. The summed E-state index contributed by atoms with van der Waals surface area (Å²) in [6, 6.07) is 5.43. The van der Waals surface area contributed by atoms with Crippen molar-refractivity contribution < 1.29 is 22.7 Å². The molecule has 4 nitrogen and oxygen atoms in total. The number of nitrogens with zero attached hydrogens (tertiary/aromatic N) is 2. The van der Waals surface area contributed by atoms with Crippen molar-refractivity contribution in [3.8, 4) is 0 Å². The first kappa shape index (κ1) is 17.2. The van der Waals surface area contributed by atoms with Gasteiger partial charge in [-0.15, -0.1) is 0 Å². The van der Waals surface area contributed by atoms with Crippen LogP contribution < -0.4 is 0 Å². The monoisotopic (exact) mass is 342 g/mol. The molecule has 1 amide bonds. The first-order chi connectivity index (χ1) is 11.4. The molecule has 0 bridgehead atoms. The van der Waals surface area contributed by atoms with Gasteiger partial charge in [0.2, 0.25) is 0 Å². The number of carbonyl (C=O) groups excluding carboxylic acids is 1. The Morgan fingerprint density at radius 1 is 1.21 bits per heavy atom. The molecule has 0 aromatic heterocycles. The maximum Gasteiger partial charge on any atom is 0.416 e. The summed E-state index contributed by atoms with van der Waals surface area (Å²) in [5.41, 5.74) is 0.0240. The fourth-order valence-electron chi connectivity index (χ4n) is 3.21. The van der Waals surface area contributed by atoms with Crippen molar-refractivity contribution in [2.45, 2.75) is 31.7 Å². The molecule has 24 heavy (non-hydrogen) atoms. The number of alkyl halides is 3. The Bertz CT molecular complexity index is 577. The minimum atomic E-state index is -4.32. The molecule has 0 saturated carbocycles. The molecule has 3 rings (SSSR count). The first-order valence-electron chi connectivity index (χ1n) is 8.22. The van der Waals surface area contributed by atoms with Gasteiger partial charge in [-0.1, -0.05) is 18.2 Å². The van der Waals surface area contributed by atoms with Crippen LogP contribution >= 0.6 is 0 Å². The van der Waals surface area contributed by atoms with Gasteiger partial charge in [-0.25, -0.2) is 0 Å². The van der Waals surface area contributed by atoms with E-state index in [2.05, 4.69) is 4.90 Å². The van der Waals surface area contributed by atoms with E-state index >= 15 is 0 Å². The smallest absolute Gasteiger partial charge is 0.368 e. The zero-order valence-electron chi connectivity index (χ0n) is 13.4. The van der Waals surface area contributed by atoms with Gasteiger partial charge in [0.25, 0.3) is 5.91 Å². The van der Waals surface area contributed by atoms with Gasteiger partial charge in [-0.2, -0.15) is 13.2 Å². The predicted octanol–water partition coefficient (Wildman–Crippen LogP) is 2.53. The largest absolute Gasteiger partial charge is 0.416 e. The summed E-state index contributed by atoms with van der Waals surface area (Å²) in [5, 5.41) is 0. The molecular formula is C17H21F3N2O2. The average molecular weight is 342 g/mol. The van der Waals surface area contributed by atoms with Crippen LogP contribution in [0.4, 0.5) is 13.2 Å². The normalized spacial score (nSPS) is 22.8. The Hall–Kier alpha value is -1.60. The molecule has 0 spiro atoms. The fraction of sp³-hybridized carbons (Fsp3) is 0.588. The van der Waals surface area contributed by atoms with Gasteiger partial charge in [-0.3, -0.25) is 9.69 Å². The standard InChI is InChI=1S/C17H21F3N2O2/c18-17(19,20)14-4-1-3-13(11-14)12-21-6-8-22(9-7-21)16(23)15-5-2-10-24-15/h1,3-4,11,15H,2,5-10,12H2. The van der Waals surface area contributed by atoms with Crippen LogP contribution in [0.1, 0.15) is 24.0 Å². The van der Waals surface area contributed by atoms with Crippen LogP contribution in [0.5, 0.6) is 0 Å². The Labute approximate surface area is 139 Å². The second-order valence-corrected chi connectivity index (χ2v) is 6.30. The molecule has 2 aliphatic heterocycles. The summed E-state index contributed by atoms with van der Waals surface area (Å²) >= 11 is 0. The van der Waals surface area contributed by atoms with E-state index in [1.807, 2.05) is 0 Å². The van der Waals surface area contributed by atoms with Crippen LogP contribution in [0.2, 0.25) is 0 Å². The van der Waals surface area contributed by atoms with Gasteiger partial charge in [0, 0.05) is 39.3 Å². The number of benzene rings is 1. The zero-order chi connectivity index (χ0) is 17.2. The van der Waals surface area contributed by atoms with Gasteiger partial charge in [0.05, 0.1) is 5.56 Å². The van der Waals surface area contributed by atoms with Gasteiger partial charge in [0.1, 0.15) is 6.10 Å². The van der Waals surface area contributed by atoms with Crippen LogP contribution in [0, 0.1) is 0 Å². The number of halogens is 3. The molecule has 0 N–H and O–H groups in total. The third kappa shape index (κ3) is 4.08. The van der Waals surface area contributed by atoms with Crippen LogP contribution in [-0.4, -0.2) is 54.6 Å². The van der Waals surface area contributed by atoms with E-state index in [4.69, 9.17) is 4.74 Å². The van der Waals surface area contributed by atoms with Gasteiger partial charge in [0.15, 0.2) is 0 Å². The van der Waals surface area contributed by atoms with Crippen molar-refractivity contribution in [3.63, 3.8) is 0 Å². The topological polar surface area (TPSA) is 32.8 Å². The number of carbonyl (C=O) groups is 1. The van der Waals surface area contributed by atoms with E-state index in [1.165, 1.54) is 12.1 Å². The van der Waals surface area contributed by atoms with Crippen LogP contribution in [0.3, 0.4) is 0 Å². The van der Waals surface area contributed by atoms with Crippen LogP contribution in [0.15, 0.2) is 24.3 Å². The fourth-order valence-corrected chi connectivity index (χ4v) is 3.21. The molecule has 2 saturated heterocycles. The Kier molecular flexibility index (Phi) is 5.10. The molecule has 1 unspecified atom stereocenters. The molecule has 2 aliphatic rings. The molecule has 0 aliphatic carbocycles. The molecule has 7 heteroatoms. The highest BCUT2D eigenvalue weighted by Crippen LogP contribution is 2.29. The minimum absolute atomic E-state index is 0.0474. The Morgan fingerprint density at radius 3 is 2.58 bits per heavy atom. The molecular weight excluding hydrogens is 321 g/mol. The highest BCUT2D eigenvalue weighted by atomic mass is 19.4. The minimum Gasteiger partial charge on any atom is -0.368 e. The van der Waals surface area contributed by atoms with Crippen molar-refractivity contribution in [1.29, 1.82) is 0 Å². The maximum atomic E-state index is 12.8. The summed E-state index contributed by atoms with van der Waals surface area (Å²) in [6.07, 6.45) is -2.92. The van der Waals surface area contributed by atoms with Gasteiger partial charge >= 0.3 is 6.18 Å². The number of hydrogen-bond donors (Lipinski definition) is 0. The summed E-state index contributed by atoms with van der Waals surface area (Å²) in [6.45, 7) is 3.62. The highest BCUT2D eigenvalue weighted by molar-refractivity contribution is 5.81. The van der Waals surface area contributed by atoms with E-state index in [0.717, 1.165) is 18.9 Å². The molecule has 2 heterocycles. The van der Waals surface area contributed by atoms with Crippen molar-refractivity contribution in [1.82, 2.24) is 9.80 Å². The average Bonchev–Trinajstić information content (AvgIpc) is 3.09. The number of ether oxygens (including phenoxy) is 1. The lowest BCUT2D eigenvalue weighted by atomic mass is 10.1. The van der Waals surface area contributed by atoms with Crippen molar-refractivity contribution in [2.75, 3.05) is 32.8 Å². The third-order valence-corrected chi connectivity index (χ3v) is 4.55. The van der Waals surface area contributed by atoms with E-state index in [9.17, 15) is 18.0 Å². The van der Waals surface area contributed by atoms with E-state index in [-0.39, 0.29) is 12.0 Å². The van der Waals surface area contributed by atoms with Gasteiger partial charge < -0.3 is 9.64 Å². The maximum absolute atomic E-state index is 12.8. The summed E-state index contributed by atoms with van der Waals surface area (Å²) in [5.74, 6) is 0.0474. The molecule has 2 fully saturated rings. The van der Waals surface area contributed by atoms with E-state index < -0.39 is 11.7 Å². The lowest BCUT2D eigenvalue weighted by Crippen LogP contribution is -2.51. The number of hydrogen-bond acceptors (Lipinski definition) is 3. The van der Waals surface area contributed by atoms with E-state index in [0.29, 0.717) is 44.9 Å². The van der Waals surface area contributed by atoms with Crippen molar-refractivity contribution in [2.24, 2.45) is 0 Å². The Morgan fingerprint density at radius 2 is 1.96 bits per heavy atom. The third-order valence-electron chi connectivity index (χ3n) is 4.55. The van der Waals surface area contributed by atoms with Crippen molar-refractivity contribution in [3.05, 3.63) is 35.4 Å². The molecule has 1 aromatic rings. The van der Waals surface area contributed by atoms with Crippen LogP contribution in [-0.2, 0) is 22.3 Å². The predicted molar refractivity (Wildman–Crippen MR) is 82.3 cm³/mol. The zero-order valence-corrected chi connectivity index (χ0v) is 13.4. The van der Waals surface area contributed by atoms with Crippen molar-refractivity contribution >= 4 is 5.91 Å². The summed E-state index contributed by atoms with van der Waals surface area (Å²) < 4.78 is 43.7. The number of amides is 1. The molecule has 0 radical (unpaired) electrons. The van der Waals surface area contributed by atoms with Crippen LogP contribution in [0.25, 0.3) is 0 Å². The quantitative estimate of drug-likeness (QED) is 0.846. The highest BCUT2D eigenvalue weighted by Gasteiger charge is 2.32. The van der Waals surface area contributed by atoms with E-state index in [1.54, 1.807) is 11.0 Å². The lowest BCUT2D eigenvalue weighted by Gasteiger charge is -2.35. The SMILES string of the molecule is O=C(C1CCCO1)N1CCN(Cc2cccc(C(F)(F)F)c2)CC1. The number of rotatable bonds is 3. The second kappa shape index (κ2) is 7.11. The number of piperazine rings is 1. The van der Waals surface area contributed by atoms with Gasteiger partial charge in [-0.05, 0) is 24.5 Å². The summed E-state index contributed by atoms with van der Waals surface area (Å²) in [4.78, 5) is 16.2. The Balaban J connectivity index is 1.53.